The minimum absolute atomic E-state index is 0.0113. The van der Waals surface area contributed by atoms with E-state index in [2.05, 4.69) is 5.32 Å². The van der Waals surface area contributed by atoms with Crippen LogP contribution >= 0.6 is 11.3 Å². The van der Waals surface area contributed by atoms with Gasteiger partial charge in [-0.15, -0.1) is 11.3 Å². The first kappa shape index (κ1) is 13.7. The molecule has 0 spiro atoms. The quantitative estimate of drug-likeness (QED) is 0.868. The predicted molar refractivity (Wildman–Crippen MR) is 67.2 cm³/mol. The number of hydrogen-bond donors (Lipinski definition) is 2. The number of carbonyl (C=O) groups excluding carboxylic acids is 1. The van der Waals surface area contributed by atoms with Crippen molar-refractivity contribution in [2.24, 2.45) is 5.41 Å². The lowest BCUT2D eigenvalue weighted by Gasteiger charge is -2.16. The summed E-state index contributed by atoms with van der Waals surface area (Å²) in [7, 11) is 0. The van der Waals surface area contributed by atoms with Crippen LogP contribution in [-0.2, 0) is 11.3 Å². The van der Waals surface area contributed by atoms with Crippen molar-refractivity contribution in [2.45, 2.75) is 33.7 Å². The molecule has 4 nitrogen and oxygen atoms in total. The molecule has 0 aliphatic heterocycles. The standard InChI is InChI=1S/C12H17NO3S/c1-12(2,3)6-10(14)13-7-8-4-5-9(17-8)11(15)16/h4-5H,6-7H2,1-3H3,(H,13,14)(H,15,16). The van der Waals surface area contributed by atoms with Crippen LogP contribution in [0.15, 0.2) is 12.1 Å². The van der Waals surface area contributed by atoms with Crippen LogP contribution in [0.4, 0.5) is 0 Å². The maximum absolute atomic E-state index is 11.5. The Labute approximate surface area is 105 Å². The zero-order valence-corrected chi connectivity index (χ0v) is 11.1. The third-order valence-corrected chi connectivity index (χ3v) is 3.10. The van der Waals surface area contributed by atoms with E-state index < -0.39 is 5.97 Å². The normalized spacial score (nSPS) is 11.2. The fraction of sp³-hybridized carbons (Fsp3) is 0.500. The number of rotatable bonds is 4. The van der Waals surface area contributed by atoms with Crippen LogP contribution in [0.2, 0.25) is 0 Å². The van der Waals surface area contributed by atoms with E-state index in [-0.39, 0.29) is 11.3 Å². The van der Waals surface area contributed by atoms with Gasteiger partial charge in [-0.05, 0) is 17.5 Å². The van der Waals surface area contributed by atoms with E-state index in [9.17, 15) is 9.59 Å². The molecular weight excluding hydrogens is 238 g/mol. The maximum Gasteiger partial charge on any atom is 0.345 e. The maximum atomic E-state index is 11.5. The minimum atomic E-state index is -0.928. The van der Waals surface area contributed by atoms with Gasteiger partial charge in [0.2, 0.25) is 5.91 Å². The molecule has 0 fully saturated rings. The summed E-state index contributed by atoms with van der Waals surface area (Å²) in [6, 6.07) is 3.28. The van der Waals surface area contributed by atoms with Gasteiger partial charge in [-0.3, -0.25) is 4.79 Å². The molecule has 17 heavy (non-hydrogen) atoms. The highest BCUT2D eigenvalue weighted by molar-refractivity contribution is 7.13. The van der Waals surface area contributed by atoms with Gasteiger partial charge >= 0.3 is 5.97 Å². The highest BCUT2D eigenvalue weighted by atomic mass is 32.1. The molecule has 5 heteroatoms. The van der Waals surface area contributed by atoms with E-state index in [1.165, 1.54) is 11.3 Å². The first-order chi connectivity index (χ1) is 7.78. The largest absolute Gasteiger partial charge is 0.477 e. The van der Waals surface area contributed by atoms with Gasteiger partial charge in [0.15, 0.2) is 0 Å². The van der Waals surface area contributed by atoms with Crippen molar-refractivity contribution in [3.63, 3.8) is 0 Å². The molecule has 0 saturated heterocycles. The molecule has 0 aliphatic rings. The van der Waals surface area contributed by atoms with Crippen molar-refractivity contribution >= 4 is 23.2 Å². The molecule has 1 rings (SSSR count). The van der Waals surface area contributed by atoms with Crippen molar-refractivity contribution in [3.05, 3.63) is 21.9 Å². The Hall–Kier alpha value is -1.36. The molecule has 0 aromatic carbocycles. The SMILES string of the molecule is CC(C)(C)CC(=O)NCc1ccc(C(=O)O)s1. The van der Waals surface area contributed by atoms with Crippen molar-refractivity contribution in [1.82, 2.24) is 5.32 Å². The Morgan fingerprint density at radius 1 is 1.35 bits per heavy atom. The molecule has 1 aromatic rings. The number of nitrogens with one attached hydrogen (secondary N) is 1. The summed E-state index contributed by atoms with van der Waals surface area (Å²) in [5.41, 5.74) is -0.0360. The van der Waals surface area contributed by atoms with Crippen LogP contribution in [0.25, 0.3) is 0 Å². The van der Waals surface area contributed by atoms with Crippen LogP contribution in [0.1, 0.15) is 41.7 Å². The van der Waals surface area contributed by atoms with Gasteiger partial charge in [0, 0.05) is 11.3 Å². The summed E-state index contributed by atoms with van der Waals surface area (Å²) in [5, 5.41) is 11.5. The molecule has 0 atom stereocenters. The number of amides is 1. The smallest absolute Gasteiger partial charge is 0.345 e. The number of hydrogen-bond acceptors (Lipinski definition) is 3. The minimum Gasteiger partial charge on any atom is -0.477 e. The fourth-order valence-electron chi connectivity index (χ4n) is 1.32. The lowest BCUT2D eigenvalue weighted by molar-refractivity contribution is -0.122. The molecule has 2 N–H and O–H groups in total. The van der Waals surface area contributed by atoms with Gasteiger partial charge in [0.25, 0.3) is 0 Å². The van der Waals surface area contributed by atoms with Crippen LogP contribution in [-0.4, -0.2) is 17.0 Å². The van der Waals surface area contributed by atoms with E-state index in [4.69, 9.17) is 5.11 Å². The van der Waals surface area contributed by atoms with Crippen molar-refractivity contribution in [2.75, 3.05) is 0 Å². The molecule has 0 radical (unpaired) electrons. The monoisotopic (exact) mass is 255 g/mol. The molecule has 1 amide bonds. The van der Waals surface area contributed by atoms with E-state index in [1.807, 2.05) is 20.8 Å². The first-order valence-corrected chi connectivity index (χ1v) is 6.18. The highest BCUT2D eigenvalue weighted by Gasteiger charge is 2.15. The van der Waals surface area contributed by atoms with Gasteiger partial charge in [-0.1, -0.05) is 20.8 Å². The van der Waals surface area contributed by atoms with E-state index >= 15 is 0 Å². The summed E-state index contributed by atoms with van der Waals surface area (Å²) >= 11 is 1.19. The Balaban J connectivity index is 2.45. The van der Waals surface area contributed by atoms with Crippen LogP contribution in [0.5, 0.6) is 0 Å². The van der Waals surface area contributed by atoms with E-state index in [0.29, 0.717) is 17.8 Å². The molecule has 0 saturated carbocycles. The van der Waals surface area contributed by atoms with Gasteiger partial charge in [0.05, 0.1) is 6.54 Å². The van der Waals surface area contributed by atoms with Crippen molar-refractivity contribution in [3.8, 4) is 0 Å². The second-order valence-corrected chi connectivity index (χ2v) is 6.25. The predicted octanol–water partition coefficient (Wildman–Crippen LogP) is 2.50. The molecule has 0 bridgehead atoms. The lowest BCUT2D eigenvalue weighted by atomic mass is 9.92. The van der Waals surface area contributed by atoms with Crippen molar-refractivity contribution in [1.29, 1.82) is 0 Å². The summed E-state index contributed by atoms with van der Waals surface area (Å²) in [6.07, 6.45) is 0.462. The Morgan fingerprint density at radius 3 is 2.47 bits per heavy atom. The Morgan fingerprint density at radius 2 is 2.00 bits per heavy atom. The van der Waals surface area contributed by atoms with E-state index in [0.717, 1.165) is 4.88 Å². The average molecular weight is 255 g/mol. The topological polar surface area (TPSA) is 66.4 Å². The Kier molecular flexibility index (Phi) is 4.28. The molecule has 1 aromatic heterocycles. The van der Waals surface area contributed by atoms with E-state index in [1.54, 1.807) is 12.1 Å². The number of aromatic carboxylic acids is 1. The summed E-state index contributed by atoms with van der Waals surface area (Å²) < 4.78 is 0. The second-order valence-electron chi connectivity index (χ2n) is 5.09. The van der Waals surface area contributed by atoms with Gasteiger partial charge < -0.3 is 10.4 Å². The molecule has 94 valence electrons. The number of carboxylic acids is 1. The van der Waals surface area contributed by atoms with Gasteiger partial charge in [0.1, 0.15) is 4.88 Å². The van der Waals surface area contributed by atoms with Crippen LogP contribution < -0.4 is 5.32 Å². The van der Waals surface area contributed by atoms with Crippen LogP contribution in [0, 0.1) is 5.41 Å². The Bertz CT molecular complexity index is 418. The first-order valence-electron chi connectivity index (χ1n) is 5.37. The summed E-state index contributed by atoms with van der Waals surface area (Å²) in [6.45, 7) is 6.40. The number of thiophene rings is 1. The third kappa shape index (κ3) is 4.99. The molecule has 0 unspecified atom stereocenters. The molecular formula is C12H17NO3S. The zero-order valence-electron chi connectivity index (χ0n) is 10.2. The zero-order chi connectivity index (χ0) is 13.1. The fourth-order valence-corrected chi connectivity index (χ4v) is 2.10. The van der Waals surface area contributed by atoms with Crippen LogP contribution in [0.3, 0.4) is 0 Å². The second kappa shape index (κ2) is 5.31. The number of carbonyl (C=O) groups is 2. The highest BCUT2D eigenvalue weighted by Crippen LogP contribution is 2.19. The molecule has 0 aliphatic carbocycles. The number of carboxylic acid groups (broad SMARTS) is 1. The van der Waals surface area contributed by atoms with Crippen molar-refractivity contribution < 1.29 is 14.7 Å². The lowest BCUT2D eigenvalue weighted by Crippen LogP contribution is -2.26. The molecule has 1 heterocycles. The van der Waals surface area contributed by atoms with Gasteiger partial charge in [-0.25, -0.2) is 4.79 Å². The summed E-state index contributed by atoms with van der Waals surface area (Å²) in [5.74, 6) is -0.940. The van der Waals surface area contributed by atoms with Gasteiger partial charge in [-0.2, -0.15) is 0 Å². The average Bonchev–Trinajstić information content (AvgIpc) is 2.60. The third-order valence-electron chi connectivity index (χ3n) is 2.02. The summed E-state index contributed by atoms with van der Waals surface area (Å²) in [4.78, 5) is 23.4.